The van der Waals surface area contributed by atoms with E-state index in [1.807, 2.05) is 54.6 Å². The van der Waals surface area contributed by atoms with Crippen molar-refractivity contribution in [3.63, 3.8) is 0 Å². The molecular weight excluding hydrogens is 288 g/mol. The molecule has 0 aliphatic heterocycles. The van der Waals surface area contributed by atoms with Crippen LogP contribution in [-0.2, 0) is 17.9 Å². The van der Waals surface area contributed by atoms with Crippen LogP contribution >= 0.6 is 0 Å². The van der Waals surface area contributed by atoms with Crippen LogP contribution in [0.15, 0.2) is 54.6 Å². The molecule has 0 aliphatic rings. The fourth-order valence-electron chi connectivity index (χ4n) is 2.37. The standard InChI is InChI=1S/C19H24N2O2/c1-15(18-9-5-8-17(12-18)14-22)20-11-10-19(23)21-13-16-6-3-2-4-7-16/h2-9,12,15,20,22H,10-11,13-14H2,1H3,(H,21,23). The van der Waals surface area contributed by atoms with Crippen LogP contribution in [-0.4, -0.2) is 17.6 Å². The van der Waals surface area contributed by atoms with Gasteiger partial charge in [0.2, 0.25) is 5.91 Å². The lowest BCUT2D eigenvalue weighted by atomic mass is 10.1. The minimum atomic E-state index is 0.0395. The van der Waals surface area contributed by atoms with Gasteiger partial charge in [-0.25, -0.2) is 0 Å². The van der Waals surface area contributed by atoms with Gasteiger partial charge in [-0.3, -0.25) is 4.79 Å². The summed E-state index contributed by atoms with van der Waals surface area (Å²) in [5, 5.41) is 15.4. The van der Waals surface area contributed by atoms with Gasteiger partial charge in [-0.15, -0.1) is 0 Å². The molecule has 4 heteroatoms. The normalized spacial score (nSPS) is 11.9. The van der Waals surface area contributed by atoms with E-state index in [9.17, 15) is 9.90 Å². The number of aliphatic hydroxyl groups is 1. The average Bonchev–Trinajstić information content (AvgIpc) is 2.60. The molecule has 1 atom stereocenters. The molecule has 4 nitrogen and oxygen atoms in total. The van der Waals surface area contributed by atoms with E-state index < -0.39 is 0 Å². The largest absolute Gasteiger partial charge is 0.392 e. The fraction of sp³-hybridized carbons (Fsp3) is 0.316. The Kier molecular flexibility index (Phi) is 6.78. The summed E-state index contributed by atoms with van der Waals surface area (Å²) in [5.74, 6) is 0.0395. The first-order chi connectivity index (χ1) is 11.2. The van der Waals surface area contributed by atoms with Crippen LogP contribution in [0.2, 0.25) is 0 Å². The van der Waals surface area contributed by atoms with Crippen LogP contribution in [0, 0.1) is 0 Å². The third-order valence-electron chi connectivity index (χ3n) is 3.77. The number of amides is 1. The predicted molar refractivity (Wildman–Crippen MR) is 91.7 cm³/mol. The van der Waals surface area contributed by atoms with Gasteiger partial charge in [0.15, 0.2) is 0 Å². The van der Waals surface area contributed by atoms with Crippen LogP contribution in [0.1, 0.15) is 36.1 Å². The summed E-state index contributed by atoms with van der Waals surface area (Å²) in [5.41, 5.74) is 3.11. The van der Waals surface area contributed by atoms with Crippen LogP contribution in [0.3, 0.4) is 0 Å². The van der Waals surface area contributed by atoms with Crippen molar-refractivity contribution >= 4 is 5.91 Å². The van der Waals surface area contributed by atoms with Crippen molar-refractivity contribution in [1.82, 2.24) is 10.6 Å². The van der Waals surface area contributed by atoms with Crippen molar-refractivity contribution in [3.8, 4) is 0 Å². The summed E-state index contributed by atoms with van der Waals surface area (Å²) in [6, 6.07) is 17.9. The Morgan fingerprint density at radius 2 is 1.83 bits per heavy atom. The predicted octanol–water partition coefficient (Wildman–Crippen LogP) is 2.54. The maximum Gasteiger partial charge on any atom is 0.221 e. The van der Waals surface area contributed by atoms with Gasteiger partial charge in [0.1, 0.15) is 0 Å². The molecule has 0 fully saturated rings. The first kappa shape index (κ1) is 17.2. The van der Waals surface area contributed by atoms with Crippen LogP contribution in [0.4, 0.5) is 0 Å². The highest BCUT2D eigenvalue weighted by molar-refractivity contribution is 5.76. The summed E-state index contributed by atoms with van der Waals surface area (Å²) in [6.07, 6.45) is 0.441. The lowest BCUT2D eigenvalue weighted by molar-refractivity contribution is -0.121. The van der Waals surface area contributed by atoms with Gasteiger partial charge in [0.05, 0.1) is 6.61 Å². The molecular formula is C19H24N2O2. The van der Waals surface area contributed by atoms with Gasteiger partial charge < -0.3 is 15.7 Å². The first-order valence-electron chi connectivity index (χ1n) is 7.92. The molecule has 0 aromatic heterocycles. The van der Waals surface area contributed by atoms with E-state index in [0.717, 1.165) is 16.7 Å². The summed E-state index contributed by atoms with van der Waals surface area (Å²) in [7, 11) is 0. The Hall–Kier alpha value is -2.17. The highest BCUT2D eigenvalue weighted by atomic mass is 16.3. The van der Waals surface area contributed by atoms with Crippen LogP contribution in [0.25, 0.3) is 0 Å². The maximum atomic E-state index is 11.9. The second-order valence-electron chi connectivity index (χ2n) is 5.59. The molecule has 0 radical (unpaired) electrons. The molecule has 1 amide bonds. The van der Waals surface area contributed by atoms with E-state index >= 15 is 0 Å². The Morgan fingerprint density at radius 1 is 1.09 bits per heavy atom. The molecule has 0 saturated heterocycles. The van der Waals surface area contributed by atoms with Gasteiger partial charge in [-0.05, 0) is 23.6 Å². The van der Waals surface area contributed by atoms with Gasteiger partial charge in [-0.1, -0.05) is 54.6 Å². The summed E-state index contributed by atoms with van der Waals surface area (Å²) < 4.78 is 0. The Bertz CT molecular complexity index is 614. The van der Waals surface area contributed by atoms with Crippen molar-refractivity contribution in [3.05, 3.63) is 71.3 Å². The topological polar surface area (TPSA) is 61.4 Å². The van der Waals surface area contributed by atoms with Gasteiger partial charge in [-0.2, -0.15) is 0 Å². The maximum absolute atomic E-state index is 11.9. The van der Waals surface area contributed by atoms with Gasteiger partial charge in [0, 0.05) is 25.6 Å². The second kappa shape index (κ2) is 9.08. The second-order valence-corrected chi connectivity index (χ2v) is 5.59. The highest BCUT2D eigenvalue weighted by Crippen LogP contribution is 2.14. The molecule has 0 aliphatic carbocycles. The number of benzene rings is 2. The molecule has 1 unspecified atom stereocenters. The number of nitrogens with one attached hydrogen (secondary N) is 2. The molecule has 122 valence electrons. The van der Waals surface area contributed by atoms with Gasteiger partial charge >= 0.3 is 0 Å². The molecule has 23 heavy (non-hydrogen) atoms. The Balaban J connectivity index is 1.70. The number of hydrogen-bond acceptors (Lipinski definition) is 3. The average molecular weight is 312 g/mol. The molecule has 2 rings (SSSR count). The fourth-order valence-corrected chi connectivity index (χ4v) is 2.37. The van der Waals surface area contributed by atoms with E-state index in [1.165, 1.54) is 0 Å². The lowest BCUT2D eigenvalue weighted by Gasteiger charge is -2.15. The lowest BCUT2D eigenvalue weighted by Crippen LogP contribution is -2.28. The monoisotopic (exact) mass is 312 g/mol. The van der Waals surface area contributed by atoms with Crippen molar-refractivity contribution in [2.45, 2.75) is 32.5 Å². The van der Waals surface area contributed by atoms with Crippen molar-refractivity contribution in [2.75, 3.05) is 6.54 Å². The molecule has 0 spiro atoms. The summed E-state index contributed by atoms with van der Waals surface area (Å²) >= 11 is 0. The SMILES string of the molecule is CC(NCCC(=O)NCc1ccccc1)c1cccc(CO)c1. The minimum absolute atomic E-state index is 0.0395. The number of carbonyl (C=O) groups is 1. The van der Waals surface area contributed by atoms with E-state index in [2.05, 4.69) is 17.6 Å². The molecule has 0 heterocycles. The molecule has 3 N–H and O–H groups in total. The van der Waals surface area contributed by atoms with E-state index in [1.54, 1.807) is 0 Å². The summed E-state index contributed by atoms with van der Waals surface area (Å²) in [4.78, 5) is 11.9. The first-order valence-corrected chi connectivity index (χ1v) is 7.92. The van der Waals surface area contributed by atoms with Crippen molar-refractivity contribution in [2.24, 2.45) is 0 Å². The Labute approximate surface area is 137 Å². The van der Waals surface area contributed by atoms with E-state index in [-0.39, 0.29) is 18.6 Å². The number of hydrogen-bond donors (Lipinski definition) is 3. The van der Waals surface area contributed by atoms with E-state index in [0.29, 0.717) is 19.5 Å². The van der Waals surface area contributed by atoms with Gasteiger partial charge in [0.25, 0.3) is 0 Å². The zero-order valence-corrected chi connectivity index (χ0v) is 13.5. The molecule has 2 aromatic carbocycles. The van der Waals surface area contributed by atoms with Crippen LogP contribution in [0.5, 0.6) is 0 Å². The smallest absolute Gasteiger partial charge is 0.221 e. The zero-order valence-electron chi connectivity index (χ0n) is 13.5. The van der Waals surface area contributed by atoms with Crippen LogP contribution < -0.4 is 10.6 Å². The number of aliphatic hydroxyl groups excluding tert-OH is 1. The third-order valence-corrected chi connectivity index (χ3v) is 3.77. The molecule has 0 bridgehead atoms. The quantitative estimate of drug-likeness (QED) is 0.702. The highest BCUT2D eigenvalue weighted by Gasteiger charge is 2.07. The molecule has 2 aromatic rings. The zero-order chi connectivity index (χ0) is 16.5. The molecule has 0 saturated carbocycles. The Morgan fingerprint density at radius 3 is 2.57 bits per heavy atom. The summed E-state index contributed by atoms with van der Waals surface area (Å²) in [6.45, 7) is 3.28. The third kappa shape index (κ3) is 5.85. The van der Waals surface area contributed by atoms with Crippen molar-refractivity contribution < 1.29 is 9.90 Å². The minimum Gasteiger partial charge on any atom is -0.392 e. The van der Waals surface area contributed by atoms with E-state index in [4.69, 9.17) is 0 Å². The number of carbonyl (C=O) groups excluding carboxylic acids is 1. The number of rotatable bonds is 8. The van der Waals surface area contributed by atoms with Crippen molar-refractivity contribution in [1.29, 1.82) is 0 Å².